The molecular formula is C15H13N3O. The Hall–Kier alpha value is -2.80. The number of benzene rings is 2. The third-order valence-corrected chi connectivity index (χ3v) is 2.86. The van der Waals surface area contributed by atoms with Crippen molar-refractivity contribution in [3.8, 4) is 6.07 Å². The van der Waals surface area contributed by atoms with Crippen molar-refractivity contribution in [3.63, 3.8) is 0 Å². The molecule has 0 aliphatic rings. The lowest BCUT2D eigenvalue weighted by molar-refractivity contribution is 0.0994. The molecule has 0 bridgehead atoms. The van der Waals surface area contributed by atoms with Gasteiger partial charge in [0, 0.05) is 18.4 Å². The van der Waals surface area contributed by atoms with Crippen LogP contribution in [0.2, 0.25) is 0 Å². The number of hydrogen-bond donors (Lipinski definition) is 1. The van der Waals surface area contributed by atoms with Gasteiger partial charge in [-0.1, -0.05) is 18.2 Å². The molecule has 2 rings (SSSR count). The molecule has 2 N–H and O–H groups in total. The van der Waals surface area contributed by atoms with Crippen LogP contribution in [-0.4, -0.2) is 13.0 Å². The van der Waals surface area contributed by atoms with Gasteiger partial charge < -0.3 is 10.6 Å². The average molecular weight is 251 g/mol. The first-order chi connectivity index (χ1) is 9.13. The number of amides is 1. The molecule has 94 valence electrons. The molecule has 0 saturated heterocycles. The third-order valence-electron chi connectivity index (χ3n) is 2.86. The van der Waals surface area contributed by atoms with Gasteiger partial charge in [0.25, 0.3) is 5.91 Å². The molecule has 0 unspecified atom stereocenters. The van der Waals surface area contributed by atoms with Crippen molar-refractivity contribution in [3.05, 3.63) is 59.7 Å². The smallest absolute Gasteiger partial charge is 0.260 e. The van der Waals surface area contributed by atoms with Crippen LogP contribution in [0.4, 0.5) is 11.4 Å². The largest absolute Gasteiger partial charge is 0.398 e. The number of nitrogens with two attached hydrogens (primary N) is 1. The summed E-state index contributed by atoms with van der Waals surface area (Å²) >= 11 is 0. The Morgan fingerprint density at radius 1 is 1.21 bits per heavy atom. The first kappa shape index (κ1) is 12.7. The fraction of sp³-hybridized carbons (Fsp3) is 0.0667. The molecule has 0 spiro atoms. The van der Waals surface area contributed by atoms with Crippen molar-refractivity contribution in [1.82, 2.24) is 0 Å². The second-order valence-corrected chi connectivity index (χ2v) is 4.11. The maximum atomic E-state index is 12.3. The van der Waals surface area contributed by atoms with Crippen LogP contribution < -0.4 is 10.6 Å². The van der Waals surface area contributed by atoms with E-state index in [1.165, 1.54) is 4.90 Å². The molecule has 2 aromatic carbocycles. The Kier molecular flexibility index (Phi) is 3.48. The molecule has 4 nitrogen and oxygen atoms in total. The Morgan fingerprint density at radius 2 is 1.95 bits per heavy atom. The van der Waals surface area contributed by atoms with Crippen LogP contribution in [0.5, 0.6) is 0 Å². The highest BCUT2D eigenvalue weighted by atomic mass is 16.2. The van der Waals surface area contributed by atoms with E-state index in [1.54, 1.807) is 55.6 Å². The average Bonchev–Trinajstić information content (AvgIpc) is 2.46. The zero-order chi connectivity index (χ0) is 13.8. The Labute approximate surface area is 111 Å². The number of hydrogen-bond acceptors (Lipinski definition) is 3. The zero-order valence-corrected chi connectivity index (χ0v) is 10.5. The van der Waals surface area contributed by atoms with E-state index in [0.717, 1.165) is 0 Å². The monoisotopic (exact) mass is 251 g/mol. The maximum Gasteiger partial charge on any atom is 0.260 e. The highest BCUT2D eigenvalue weighted by Crippen LogP contribution is 2.19. The van der Waals surface area contributed by atoms with Gasteiger partial charge in [-0.25, -0.2) is 0 Å². The number of anilines is 2. The molecule has 0 atom stereocenters. The molecular weight excluding hydrogens is 238 g/mol. The summed E-state index contributed by atoms with van der Waals surface area (Å²) in [6.45, 7) is 0. The predicted molar refractivity (Wildman–Crippen MR) is 74.7 cm³/mol. The van der Waals surface area contributed by atoms with Crippen LogP contribution in [0, 0.1) is 11.3 Å². The van der Waals surface area contributed by atoms with Crippen molar-refractivity contribution >= 4 is 17.3 Å². The van der Waals surface area contributed by atoms with Gasteiger partial charge in [-0.15, -0.1) is 0 Å². The van der Waals surface area contributed by atoms with Crippen molar-refractivity contribution < 1.29 is 4.79 Å². The highest BCUT2D eigenvalue weighted by molar-refractivity contribution is 6.09. The molecule has 1 amide bonds. The van der Waals surface area contributed by atoms with Crippen LogP contribution >= 0.6 is 0 Å². The van der Waals surface area contributed by atoms with E-state index in [9.17, 15) is 4.79 Å². The summed E-state index contributed by atoms with van der Waals surface area (Å²) in [5.41, 5.74) is 7.86. The van der Waals surface area contributed by atoms with Gasteiger partial charge in [-0.2, -0.15) is 5.26 Å². The number of carbonyl (C=O) groups excluding carboxylic acids is 1. The lowest BCUT2D eigenvalue weighted by atomic mass is 10.1. The van der Waals surface area contributed by atoms with E-state index in [0.29, 0.717) is 22.5 Å². The van der Waals surface area contributed by atoms with Crippen molar-refractivity contribution in [2.24, 2.45) is 0 Å². The molecule has 2 aromatic rings. The topological polar surface area (TPSA) is 70.1 Å². The van der Waals surface area contributed by atoms with E-state index in [2.05, 4.69) is 0 Å². The molecule has 0 radical (unpaired) electrons. The van der Waals surface area contributed by atoms with Gasteiger partial charge in [-0.3, -0.25) is 4.79 Å². The number of para-hydroxylation sites is 1. The second kappa shape index (κ2) is 5.23. The molecule has 0 heterocycles. The molecule has 0 fully saturated rings. The molecule has 0 saturated carbocycles. The summed E-state index contributed by atoms with van der Waals surface area (Å²) in [5.74, 6) is -0.201. The first-order valence-electron chi connectivity index (χ1n) is 5.76. The summed E-state index contributed by atoms with van der Waals surface area (Å²) in [4.78, 5) is 13.8. The predicted octanol–water partition coefficient (Wildman–Crippen LogP) is 2.42. The van der Waals surface area contributed by atoms with Crippen LogP contribution in [-0.2, 0) is 0 Å². The molecule has 19 heavy (non-hydrogen) atoms. The van der Waals surface area contributed by atoms with Crippen molar-refractivity contribution in [2.45, 2.75) is 0 Å². The number of rotatable bonds is 2. The van der Waals surface area contributed by atoms with Gasteiger partial charge in [0.1, 0.15) is 0 Å². The van der Waals surface area contributed by atoms with Crippen molar-refractivity contribution in [2.75, 3.05) is 17.7 Å². The normalized spacial score (nSPS) is 9.68. The minimum absolute atomic E-state index is 0.201. The van der Waals surface area contributed by atoms with Gasteiger partial charge in [0.15, 0.2) is 0 Å². The molecule has 4 heteroatoms. The van der Waals surface area contributed by atoms with Crippen LogP contribution in [0.1, 0.15) is 15.9 Å². The van der Waals surface area contributed by atoms with Gasteiger partial charge in [0.05, 0.1) is 17.2 Å². The Morgan fingerprint density at radius 3 is 2.63 bits per heavy atom. The van der Waals surface area contributed by atoms with Crippen molar-refractivity contribution in [1.29, 1.82) is 5.26 Å². The zero-order valence-electron chi connectivity index (χ0n) is 10.5. The van der Waals surface area contributed by atoms with Gasteiger partial charge in [0.2, 0.25) is 0 Å². The van der Waals surface area contributed by atoms with E-state index in [-0.39, 0.29) is 5.91 Å². The van der Waals surface area contributed by atoms with Crippen LogP contribution in [0.15, 0.2) is 48.5 Å². The SMILES string of the molecule is CN(C(=O)c1ccccc1N)c1cccc(C#N)c1. The van der Waals surface area contributed by atoms with E-state index in [4.69, 9.17) is 11.0 Å². The summed E-state index contributed by atoms with van der Waals surface area (Å²) in [5, 5.41) is 8.87. The second-order valence-electron chi connectivity index (χ2n) is 4.11. The summed E-state index contributed by atoms with van der Waals surface area (Å²) in [6, 6.07) is 15.8. The van der Waals surface area contributed by atoms with E-state index in [1.807, 2.05) is 6.07 Å². The lowest BCUT2D eigenvalue weighted by Gasteiger charge is -2.18. The fourth-order valence-corrected chi connectivity index (χ4v) is 1.77. The highest BCUT2D eigenvalue weighted by Gasteiger charge is 2.15. The minimum Gasteiger partial charge on any atom is -0.398 e. The number of carbonyl (C=O) groups is 1. The summed E-state index contributed by atoms with van der Waals surface area (Å²) in [6.07, 6.45) is 0. The molecule has 0 aromatic heterocycles. The van der Waals surface area contributed by atoms with Gasteiger partial charge in [-0.05, 0) is 30.3 Å². The lowest BCUT2D eigenvalue weighted by Crippen LogP contribution is -2.27. The summed E-state index contributed by atoms with van der Waals surface area (Å²) < 4.78 is 0. The third kappa shape index (κ3) is 2.55. The van der Waals surface area contributed by atoms with Gasteiger partial charge >= 0.3 is 0 Å². The Bertz CT molecular complexity index is 658. The van der Waals surface area contributed by atoms with E-state index >= 15 is 0 Å². The number of nitriles is 1. The quantitative estimate of drug-likeness (QED) is 0.833. The fourth-order valence-electron chi connectivity index (χ4n) is 1.77. The maximum absolute atomic E-state index is 12.3. The van der Waals surface area contributed by atoms with Crippen LogP contribution in [0.25, 0.3) is 0 Å². The molecule has 0 aliphatic heterocycles. The molecule has 0 aliphatic carbocycles. The standard InChI is InChI=1S/C15H13N3O/c1-18(12-6-4-5-11(9-12)10-16)15(19)13-7-2-3-8-14(13)17/h2-9H,17H2,1H3. The van der Waals surface area contributed by atoms with Crippen LogP contribution in [0.3, 0.4) is 0 Å². The summed E-state index contributed by atoms with van der Waals surface area (Å²) in [7, 11) is 1.66. The first-order valence-corrected chi connectivity index (χ1v) is 5.76. The van der Waals surface area contributed by atoms with E-state index < -0.39 is 0 Å². The Balaban J connectivity index is 2.34. The number of nitrogens with zero attached hydrogens (tertiary/aromatic N) is 2. The minimum atomic E-state index is -0.201. The number of nitrogen functional groups attached to an aromatic ring is 1.